The van der Waals surface area contributed by atoms with Crippen LogP contribution in [0.4, 0.5) is 0 Å². The maximum absolute atomic E-state index is 12.6. The van der Waals surface area contributed by atoms with Gasteiger partial charge in [0.25, 0.3) is 0 Å². The number of rotatable bonds is 5. The van der Waals surface area contributed by atoms with Crippen LogP contribution in [0.1, 0.15) is 34.0 Å². The molecular weight excluding hydrogens is 332 g/mol. The molecule has 0 atom stereocenters. The number of hydrogen-bond acceptors (Lipinski definition) is 5. The van der Waals surface area contributed by atoms with Crippen LogP contribution in [0.3, 0.4) is 0 Å². The van der Waals surface area contributed by atoms with Gasteiger partial charge in [0, 0.05) is 24.6 Å². The highest BCUT2D eigenvalue weighted by Crippen LogP contribution is 2.28. The van der Waals surface area contributed by atoms with E-state index in [1.54, 1.807) is 31.4 Å². The number of fused-ring (bicyclic) bond motifs is 1. The maximum atomic E-state index is 12.6. The number of carbonyl (C=O) groups excluding carboxylic acids is 1. The predicted molar refractivity (Wildman–Crippen MR) is 98.7 cm³/mol. The lowest BCUT2D eigenvalue weighted by atomic mass is 10.1. The van der Waals surface area contributed by atoms with Crippen molar-refractivity contribution in [1.82, 2.24) is 0 Å². The van der Waals surface area contributed by atoms with Crippen molar-refractivity contribution in [3.05, 3.63) is 75.1 Å². The molecule has 0 spiro atoms. The third kappa shape index (κ3) is 3.68. The lowest BCUT2D eigenvalue weighted by Crippen LogP contribution is -2.10. The van der Waals surface area contributed by atoms with Crippen LogP contribution >= 0.6 is 0 Å². The zero-order valence-corrected chi connectivity index (χ0v) is 15.0. The molecule has 0 unspecified atom stereocenters. The summed E-state index contributed by atoms with van der Waals surface area (Å²) in [5.41, 5.74) is 3.00. The Kier molecular flexibility index (Phi) is 5.19. The van der Waals surface area contributed by atoms with Crippen LogP contribution in [0.15, 0.2) is 51.7 Å². The average Bonchev–Trinajstić information content (AvgIpc) is 2.61. The largest absolute Gasteiger partial charge is 0.423 e. The number of hydrogen-bond donors (Lipinski definition) is 0. The van der Waals surface area contributed by atoms with E-state index in [1.165, 1.54) is 6.07 Å². The molecule has 3 rings (SSSR count). The van der Waals surface area contributed by atoms with Gasteiger partial charge in [-0.3, -0.25) is 0 Å². The summed E-state index contributed by atoms with van der Waals surface area (Å²) in [5.74, 6) is -0.0668. The Labute approximate surface area is 151 Å². The van der Waals surface area contributed by atoms with Crippen LogP contribution in [-0.2, 0) is 17.8 Å². The van der Waals surface area contributed by atoms with E-state index < -0.39 is 11.6 Å². The molecule has 0 amide bonds. The van der Waals surface area contributed by atoms with E-state index >= 15 is 0 Å². The molecule has 0 radical (unpaired) electrons. The van der Waals surface area contributed by atoms with E-state index in [4.69, 9.17) is 13.9 Å². The summed E-state index contributed by atoms with van der Waals surface area (Å²) < 4.78 is 16.0. The Morgan fingerprint density at radius 3 is 2.69 bits per heavy atom. The van der Waals surface area contributed by atoms with Gasteiger partial charge in [0.2, 0.25) is 0 Å². The second-order valence-corrected chi connectivity index (χ2v) is 6.08. The van der Waals surface area contributed by atoms with E-state index in [0.717, 1.165) is 22.1 Å². The molecule has 1 aromatic heterocycles. The lowest BCUT2D eigenvalue weighted by molar-refractivity contribution is 0.0733. The SMILES string of the molecule is CCc1cc2c(C)cc(=O)oc2cc1OC(=O)c1cccc(COC)c1. The Hall–Kier alpha value is -2.92. The first-order valence-electron chi connectivity index (χ1n) is 8.39. The zero-order valence-electron chi connectivity index (χ0n) is 15.0. The molecule has 0 saturated carbocycles. The van der Waals surface area contributed by atoms with Gasteiger partial charge in [-0.1, -0.05) is 19.1 Å². The van der Waals surface area contributed by atoms with Crippen LogP contribution < -0.4 is 10.4 Å². The molecule has 134 valence electrons. The van der Waals surface area contributed by atoms with E-state index in [1.807, 2.05) is 26.0 Å². The molecule has 0 aliphatic rings. The number of methoxy groups -OCH3 is 1. The fraction of sp³-hybridized carbons (Fsp3) is 0.238. The second kappa shape index (κ2) is 7.54. The highest BCUT2D eigenvalue weighted by Gasteiger charge is 2.15. The van der Waals surface area contributed by atoms with E-state index in [-0.39, 0.29) is 0 Å². The van der Waals surface area contributed by atoms with Gasteiger partial charge in [-0.25, -0.2) is 9.59 Å². The Balaban J connectivity index is 1.98. The first-order valence-corrected chi connectivity index (χ1v) is 8.39. The van der Waals surface area contributed by atoms with Gasteiger partial charge < -0.3 is 13.9 Å². The molecule has 26 heavy (non-hydrogen) atoms. The number of benzene rings is 2. The minimum atomic E-state index is -0.466. The molecule has 0 aliphatic carbocycles. The minimum absolute atomic E-state index is 0.399. The van der Waals surface area contributed by atoms with Crippen LogP contribution in [0.2, 0.25) is 0 Å². The van der Waals surface area contributed by atoms with Gasteiger partial charge in [-0.2, -0.15) is 0 Å². The van der Waals surface area contributed by atoms with E-state index in [0.29, 0.717) is 29.9 Å². The third-order valence-corrected chi connectivity index (χ3v) is 4.19. The van der Waals surface area contributed by atoms with Gasteiger partial charge in [0.15, 0.2) is 0 Å². The minimum Gasteiger partial charge on any atom is -0.423 e. The quantitative estimate of drug-likeness (QED) is 0.394. The van der Waals surface area contributed by atoms with Gasteiger partial charge >= 0.3 is 11.6 Å². The molecule has 0 aliphatic heterocycles. The first-order chi connectivity index (χ1) is 12.5. The fourth-order valence-electron chi connectivity index (χ4n) is 2.88. The summed E-state index contributed by atoms with van der Waals surface area (Å²) in [6.07, 6.45) is 0.681. The summed E-state index contributed by atoms with van der Waals surface area (Å²) in [6, 6.07) is 12.1. The summed E-state index contributed by atoms with van der Waals surface area (Å²) >= 11 is 0. The van der Waals surface area contributed by atoms with Crippen LogP contribution in [-0.4, -0.2) is 13.1 Å². The summed E-state index contributed by atoms with van der Waals surface area (Å²) in [5, 5.41) is 0.836. The standard InChI is InChI=1S/C21H20O5/c1-4-15-10-17-13(2)8-20(22)25-19(17)11-18(15)26-21(23)16-7-5-6-14(9-16)12-24-3/h5-11H,4,12H2,1-3H3. The Morgan fingerprint density at radius 1 is 1.15 bits per heavy atom. The molecule has 3 aromatic rings. The summed E-state index contributed by atoms with van der Waals surface area (Å²) in [6.45, 7) is 4.25. The van der Waals surface area contributed by atoms with Gasteiger partial charge in [0.1, 0.15) is 11.3 Å². The fourth-order valence-corrected chi connectivity index (χ4v) is 2.88. The first kappa shape index (κ1) is 17.9. The van der Waals surface area contributed by atoms with Crippen molar-refractivity contribution in [1.29, 1.82) is 0 Å². The van der Waals surface area contributed by atoms with Crippen molar-refractivity contribution in [2.45, 2.75) is 26.9 Å². The molecule has 0 N–H and O–H groups in total. The molecule has 5 heteroatoms. The van der Waals surface area contributed by atoms with Crippen molar-refractivity contribution >= 4 is 16.9 Å². The molecule has 0 bridgehead atoms. The van der Waals surface area contributed by atoms with Crippen LogP contribution in [0.25, 0.3) is 11.0 Å². The summed E-state index contributed by atoms with van der Waals surface area (Å²) in [7, 11) is 1.60. The molecule has 1 heterocycles. The van der Waals surface area contributed by atoms with Crippen LogP contribution in [0.5, 0.6) is 5.75 Å². The van der Waals surface area contributed by atoms with Gasteiger partial charge in [-0.05, 0) is 48.2 Å². The predicted octanol–water partition coefficient (Wildman–Crippen LogP) is 4.03. The average molecular weight is 352 g/mol. The van der Waals surface area contributed by atoms with Crippen molar-refractivity contribution in [3.8, 4) is 5.75 Å². The molecule has 5 nitrogen and oxygen atoms in total. The molecular formula is C21H20O5. The number of ether oxygens (including phenoxy) is 2. The topological polar surface area (TPSA) is 65.7 Å². The normalized spacial score (nSPS) is 10.9. The maximum Gasteiger partial charge on any atom is 0.343 e. The van der Waals surface area contributed by atoms with Crippen LogP contribution in [0, 0.1) is 6.92 Å². The van der Waals surface area contributed by atoms with Gasteiger partial charge in [0.05, 0.1) is 12.2 Å². The monoisotopic (exact) mass is 352 g/mol. The van der Waals surface area contributed by atoms with E-state index in [2.05, 4.69) is 0 Å². The van der Waals surface area contributed by atoms with Crippen molar-refractivity contribution in [2.75, 3.05) is 7.11 Å². The van der Waals surface area contributed by atoms with E-state index in [9.17, 15) is 9.59 Å². The number of aryl methyl sites for hydroxylation is 2. The van der Waals surface area contributed by atoms with Crippen molar-refractivity contribution in [2.24, 2.45) is 0 Å². The van der Waals surface area contributed by atoms with Crippen molar-refractivity contribution < 1.29 is 18.7 Å². The number of carbonyl (C=O) groups is 1. The van der Waals surface area contributed by atoms with Crippen molar-refractivity contribution in [3.63, 3.8) is 0 Å². The lowest BCUT2D eigenvalue weighted by Gasteiger charge is -2.11. The summed E-state index contributed by atoms with van der Waals surface area (Å²) in [4.78, 5) is 24.2. The molecule has 0 saturated heterocycles. The number of esters is 1. The smallest absolute Gasteiger partial charge is 0.343 e. The Morgan fingerprint density at radius 2 is 1.96 bits per heavy atom. The molecule has 0 fully saturated rings. The third-order valence-electron chi connectivity index (χ3n) is 4.19. The van der Waals surface area contributed by atoms with Gasteiger partial charge in [-0.15, -0.1) is 0 Å². The second-order valence-electron chi connectivity index (χ2n) is 6.08. The zero-order chi connectivity index (χ0) is 18.7. The Bertz CT molecular complexity index is 1020. The highest BCUT2D eigenvalue weighted by molar-refractivity contribution is 5.92. The molecule has 2 aromatic carbocycles. The highest BCUT2D eigenvalue weighted by atomic mass is 16.5.